The maximum Gasteiger partial charge on any atom is 0.0883 e. The lowest BCUT2D eigenvalue weighted by molar-refractivity contribution is 0.0475. The van der Waals surface area contributed by atoms with Crippen LogP contribution >= 0.6 is 0 Å². The molecule has 0 radical (unpaired) electrons. The Kier molecular flexibility index (Phi) is 4.51. The van der Waals surface area contributed by atoms with Crippen LogP contribution < -0.4 is 5.32 Å². The van der Waals surface area contributed by atoms with Crippen LogP contribution in [0.15, 0.2) is 18.2 Å². The molecule has 0 aliphatic carbocycles. The van der Waals surface area contributed by atoms with E-state index in [-0.39, 0.29) is 0 Å². The average Bonchev–Trinajstić information content (AvgIpc) is 2.22. The number of nitrogens with one attached hydrogen (secondary N) is 1. The number of hydrogen-bond acceptors (Lipinski definition) is 2. The van der Waals surface area contributed by atoms with Crippen molar-refractivity contribution in [1.82, 2.24) is 5.32 Å². The Morgan fingerprint density at radius 1 is 1.31 bits per heavy atom. The summed E-state index contributed by atoms with van der Waals surface area (Å²) in [5, 5.41) is 13.7. The summed E-state index contributed by atoms with van der Waals surface area (Å²) in [5.74, 6) is 0. The lowest BCUT2D eigenvalue weighted by Crippen LogP contribution is -2.28. The summed E-state index contributed by atoms with van der Waals surface area (Å²) in [6.45, 7) is 9.92. The Morgan fingerprint density at radius 3 is 2.62 bits per heavy atom. The van der Waals surface area contributed by atoms with Gasteiger partial charge in [0.15, 0.2) is 0 Å². The van der Waals surface area contributed by atoms with Crippen LogP contribution in [-0.4, -0.2) is 18.2 Å². The minimum Gasteiger partial charge on any atom is -0.385 e. The van der Waals surface area contributed by atoms with Crippen molar-refractivity contribution in [2.45, 2.75) is 39.7 Å². The number of rotatable bonds is 5. The van der Waals surface area contributed by atoms with Crippen LogP contribution in [-0.2, 0) is 5.60 Å². The number of hydrogen-bond donors (Lipinski definition) is 2. The highest BCUT2D eigenvalue weighted by atomic mass is 16.3. The summed E-state index contributed by atoms with van der Waals surface area (Å²) in [6, 6.07) is 6.12. The fraction of sp³-hybridized carbons (Fsp3) is 0.571. The Labute approximate surface area is 98.7 Å². The molecule has 0 aromatic heterocycles. The van der Waals surface area contributed by atoms with E-state index in [1.807, 2.05) is 19.1 Å². The zero-order valence-corrected chi connectivity index (χ0v) is 10.8. The molecule has 0 aliphatic heterocycles. The van der Waals surface area contributed by atoms with Gasteiger partial charge in [-0.2, -0.15) is 0 Å². The van der Waals surface area contributed by atoms with E-state index in [0.29, 0.717) is 0 Å². The van der Waals surface area contributed by atoms with Gasteiger partial charge in [0.25, 0.3) is 0 Å². The van der Waals surface area contributed by atoms with E-state index in [0.717, 1.165) is 25.1 Å². The van der Waals surface area contributed by atoms with E-state index in [4.69, 9.17) is 0 Å². The SMILES string of the molecule is CCNCCC(C)(O)c1cccc(C)c1C. The summed E-state index contributed by atoms with van der Waals surface area (Å²) >= 11 is 0. The van der Waals surface area contributed by atoms with Crippen molar-refractivity contribution in [2.24, 2.45) is 0 Å². The van der Waals surface area contributed by atoms with Crippen molar-refractivity contribution in [1.29, 1.82) is 0 Å². The van der Waals surface area contributed by atoms with Crippen molar-refractivity contribution >= 4 is 0 Å². The van der Waals surface area contributed by atoms with Crippen LogP contribution in [0, 0.1) is 13.8 Å². The number of benzene rings is 1. The highest BCUT2D eigenvalue weighted by Gasteiger charge is 2.24. The second kappa shape index (κ2) is 5.46. The molecule has 0 spiro atoms. The molecular weight excluding hydrogens is 198 g/mol. The topological polar surface area (TPSA) is 32.3 Å². The second-order valence-corrected chi connectivity index (χ2v) is 4.62. The molecule has 0 saturated carbocycles. The second-order valence-electron chi connectivity index (χ2n) is 4.62. The zero-order valence-electron chi connectivity index (χ0n) is 10.8. The first-order valence-corrected chi connectivity index (χ1v) is 5.99. The van der Waals surface area contributed by atoms with Crippen LogP contribution in [0.1, 0.15) is 37.0 Å². The third-order valence-corrected chi connectivity index (χ3v) is 3.22. The quantitative estimate of drug-likeness (QED) is 0.749. The van der Waals surface area contributed by atoms with E-state index in [1.165, 1.54) is 11.1 Å². The largest absolute Gasteiger partial charge is 0.385 e. The first-order chi connectivity index (χ1) is 7.49. The minimum absolute atomic E-state index is 0.738. The van der Waals surface area contributed by atoms with E-state index >= 15 is 0 Å². The molecule has 0 heterocycles. The molecule has 2 N–H and O–H groups in total. The molecule has 1 aromatic rings. The molecule has 1 aromatic carbocycles. The van der Waals surface area contributed by atoms with Gasteiger partial charge in [-0.15, -0.1) is 0 Å². The van der Waals surface area contributed by atoms with Gasteiger partial charge in [-0.3, -0.25) is 0 Å². The first kappa shape index (κ1) is 13.2. The van der Waals surface area contributed by atoms with Gasteiger partial charge in [0.05, 0.1) is 5.60 Å². The Bertz CT molecular complexity index is 345. The van der Waals surface area contributed by atoms with E-state index in [9.17, 15) is 5.11 Å². The molecule has 0 amide bonds. The Balaban J connectivity index is 2.84. The molecule has 0 saturated heterocycles. The average molecular weight is 221 g/mol. The fourth-order valence-electron chi connectivity index (χ4n) is 1.98. The number of aryl methyl sites for hydroxylation is 1. The zero-order chi connectivity index (χ0) is 12.2. The van der Waals surface area contributed by atoms with Gasteiger partial charge in [-0.25, -0.2) is 0 Å². The van der Waals surface area contributed by atoms with Crippen LogP contribution in [0.2, 0.25) is 0 Å². The summed E-state index contributed by atoms with van der Waals surface area (Å²) in [7, 11) is 0. The summed E-state index contributed by atoms with van der Waals surface area (Å²) in [5.41, 5.74) is 2.74. The van der Waals surface area contributed by atoms with Gasteiger partial charge in [0.2, 0.25) is 0 Å². The maximum atomic E-state index is 10.5. The van der Waals surface area contributed by atoms with Gasteiger partial charge < -0.3 is 10.4 Å². The Morgan fingerprint density at radius 2 is 2.00 bits per heavy atom. The lowest BCUT2D eigenvalue weighted by atomic mass is 9.87. The molecule has 0 bridgehead atoms. The third kappa shape index (κ3) is 3.06. The molecule has 0 aliphatic rings. The monoisotopic (exact) mass is 221 g/mol. The summed E-state index contributed by atoms with van der Waals surface area (Å²) < 4.78 is 0. The molecule has 1 rings (SSSR count). The van der Waals surface area contributed by atoms with Crippen molar-refractivity contribution < 1.29 is 5.11 Å². The predicted octanol–water partition coefficient (Wildman–Crippen LogP) is 2.51. The van der Waals surface area contributed by atoms with Crippen molar-refractivity contribution in [3.05, 3.63) is 34.9 Å². The Hall–Kier alpha value is -0.860. The van der Waals surface area contributed by atoms with Gasteiger partial charge in [-0.05, 0) is 57.0 Å². The van der Waals surface area contributed by atoms with Crippen LogP contribution in [0.25, 0.3) is 0 Å². The fourth-order valence-corrected chi connectivity index (χ4v) is 1.98. The molecule has 1 unspecified atom stereocenters. The first-order valence-electron chi connectivity index (χ1n) is 5.99. The summed E-state index contributed by atoms with van der Waals surface area (Å²) in [4.78, 5) is 0. The molecule has 0 fully saturated rings. The molecular formula is C14H23NO. The van der Waals surface area contributed by atoms with Gasteiger partial charge in [-0.1, -0.05) is 25.1 Å². The molecule has 2 nitrogen and oxygen atoms in total. The van der Waals surface area contributed by atoms with E-state index < -0.39 is 5.60 Å². The highest BCUT2D eigenvalue weighted by Crippen LogP contribution is 2.28. The van der Waals surface area contributed by atoms with Gasteiger partial charge in [0, 0.05) is 0 Å². The smallest absolute Gasteiger partial charge is 0.0883 e. The van der Waals surface area contributed by atoms with E-state index in [2.05, 4.69) is 32.2 Å². The van der Waals surface area contributed by atoms with E-state index in [1.54, 1.807) is 0 Å². The normalized spacial score (nSPS) is 14.8. The highest BCUT2D eigenvalue weighted by molar-refractivity contribution is 5.36. The lowest BCUT2D eigenvalue weighted by Gasteiger charge is -2.26. The maximum absolute atomic E-state index is 10.5. The van der Waals surface area contributed by atoms with Crippen LogP contribution in [0.3, 0.4) is 0 Å². The predicted molar refractivity (Wildman–Crippen MR) is 68.6 cm³/mol. The van der Waals surface area contributed by atoms with Crippen LogP contribution in [0.4, 0.5) is 0 Å². The number of aliphatic hydroxyl groups is 1. The van der Waals surface area contributed by atoms with Crippen LogP contribution in [0.5, 0.6) is 0 Å². The molecule has 90 valence electrons. The summed E-state index contributed by atoms with van der Waals surface area (Å²) in [6.07, 6.45) is 0.741. The minimum atomic E-state index is -0.738. The molecule has 2 heteroatoms. The van der Waals surface area contributed by atoms with Crippen molar-refractivity contribution in [2.75, 3.05) is 13.1 Å². The van der Waals surface area contributed by atoms with Crippen molar-refractivity contribution in [3.8, 4) is 0 Å². The molecule has 1 atom stereocenters. The molecule has 16 heavy (non-hydrogen) atoms. The van der Waals surface area contributed by atoms with Gasteiger partial charge in [0.1, 0.15) is 0 Å². The third-order valence-electron chi connectivity index (χ3n) is 3.22. The van der Waals surface area contributed by atoms with Gasteiger partial charge >= 0.3 is 0 Å². The standard InChI is InChI=1S/C14H23NO/c1-5-15-10-9-14(4,16)13-8-6-7-11(2)12(13)3/h6-8,15-16H,5,9-10H2,1-4H3. The van der Waals surface area contributed by atoms with Crippen molar-refractivity contribution in [3.63, 3.8) is 0 Å².